The van der Waals surface area contributed by atoms with Gasteiger partial charge in [0, 0.05) is 38.4 Å². The van der Waals surface area contributed by atoms with E-state index in [0.717, 1.165) is 38.2 Å². The minimum atomic E-state index is -0.490. The van der Waals surface area contributed by atoms with Crippen LogP contribution in [-0.4, -0.2) is 32.1 Å². The molecule has 0 amide bonds. The van der Waals surface area contributed by atoms with E-state index in [1.54, 1.807) is 11.6 Å². The third-order valence-electron chi connectivity index (χ3n) is 6.49. The van der Waals surface area contributed by atoms with Crippen molar-refractivity contribution in [2.75, 3.05) is 13.1 Å². The molecule has 1 aliphatic heterocycles. The minimum absolute atomic E-state index is 0.0121. The molecule has 5 rings (SSSR count). The lowest BCUT2D eigenvalue weighted by molar-refractivity contribution is 0.180. The molecule has 1 saturated heterocycles. The van der Waals surface area contributed by atoms with Crippen molar-refractivity contribution in [3.05, 3.63) is 86.6 Å². The molecule has 2 aromatic carbocycles. The summed E-state index contributed by atoms with van der Waals surface area (Å²) in [6.07, 6.45) is 1.64. The highest BCUT2D eigenvalue weighted by molar-refractivity contribution is 5.85. The molecule has 0 aliphatic carbocycles. The van der Waals surface area contributed by atoms with Crippen LogP contribution in [0.15, 0.2) is 64.2 Å². The van der Waals surface area contributed by atoms with Gasteiger partial charge in [0.05, 0.1) is 5.52 Å². The Morgan fingerprint density at radius 2 is 1.68 bits per heavy atom. The predicted octanol–water partition coefficient (Wildman–Crippen LogP) is 3.39. The van der Waals surface area contributed by atoms with Gasteiger partial charge in [-0.05, 0) is 48.2 Å². The molecule has 2 aromatic heterocycles. The number of aryl methyl sites for hydroxylation is 2. The van der Waals surface area contributed by atoms with Crippen molar-refractivity contribution < 1.29 is 0 Å². The molecule has 158 valence electrons. The molecule has 0 radical (unpaired) electrons. The van der Waals surface area contributed by atoms with Gasteiger partial charge < -0.3 is 4.57 Å². The van der Waals surface area contributed by atoms with Crippen LogP contribution in [-0.2, 0) is 13.6 Å². The lowest BCUT2D eigenvalue weighted by atomic mass is 10.0. The Hall–Kier alpha value is -3.25. The summed E-state index contributed by atoms with van der Waals surface area (Å²) in [4.78, 5) is 32.5. The molecule has 0 bridgehead atoms. The van der Waals surface area contributed by atoms with E-state index in [2.05, 4.69) is 52.3 Å². The van der Waals surface area contributed by atoms with Crippen molar-refractivity contribution in [3.63, 3.8) is 0 Å². The average molecular weight is 415 g/mol. The lowest BCUT2D eigenvalue weighted by Gasteiger charge is -2.33. The Labute approximate surface area is 180 Å². The maximum absolute atomic E-state index is 12.9. The Kier molecular flexibility index (Phi) is 4.94. The highest BCUT2D eigenvalue weighted by atomic mass is 16.2. The fraction of sp³-hybridized carbons (Fsp3) is 0.320. The monoisotopic (exact) mass is 414 g/mol. The Balaban J connectivity index is 1.42. The summed E-state index contributed by atoms with van der Waals surface area (Å²) in [6, 6.07) is 18.7. The van der Waals surface area contributed by atoms with Crippen LogP contribution in [0.2, 0.25) is 0 Å². The molecule has 0 spiro atoms. The van der Waals surface area contributed by atoms with Gasteiger partial charge in [0.1, 0.15) is 0 Å². The SMILES string of the molecule is Cc1ccc2c(n1)n(C1CCN(Cc3cccc4ccccc34)CC1)c(=O)c(=O)n2C. The molecule has 0 atom stereocenters. The van der Waals surface area contributed by atoms with Crippen LogP contribution in [0.25, 0.3) is 21.9 Å². The second kappa shape index (κ2) is 7.78. The second-order valence-electron chi connectivity index (χ2n) is 8.48. The molecular weight excluding hydrogens is 388 g/mol. The number of pyridine rings is 1. The summed E-state index contributed by atoms with van der Waals surface area (Å²) in [5.41, 5.74) is 2.52. The van der Waals surface area contributed by atoms with Crippen LogP contribution in [0.1, 0.15) is 30.1 Å². The van der Waals surface area contributed by atoms with Crippen LogP contribution in [0.3, 0.4) is 0 Å². The van der Waals surface area contributed by atoms with Crippen molar-refractivity contribution in [3.8, 4) is 0 Å². The van der Waals surface area contributed by atoms with E-state index in [1.165, 1.54) is 20.9 Å². The standard InChI is InChI=1S/C25H26N4O2/c1-17-10-11-22-23(26-17)29(25(31)24(30)27(22)2)20-12-14-28(15-13-20)16-19-8-5-7-18-6-3-4-9-21(18)19/h3-11,20H,12-16H2,1-2H3. The Bertz CT molecular complexity index is 1390. The van der Waals surface area contributed by atoms with Gasteiger partial charge in [-0.25, -0.2) is 4.98 Å². The highest BCUT2D eigenvalue weighted by Gasteiger charge is 2.25. The molecule has 0 saturated carbocycles. The smallest absolute Gasteiger partial charge is 0.304 e. The highest BCUT2D eigenvalue weighted by Crippen LogP contribution is 2.26. The first kappa shape index (κ1) is 19.7. The van der Waals surface area contributed by atoms with E-state index < -0.39 is 11.1 Å². The summed E-state index contributed by atoms with van der Waals surface area (Å²) in [7, 11) is 1.64. The van der Waals surface area contributed by atoms with Crippen molar-refractivity contribution in [2.24, 2.45) is 7.05 Å². The van der Waals surface area contributed by atoms with E-state index in [9.17, 15) is 9.59 Å². The minimum Gasteiger partial charge on any atom is -0.304 e. The van der Waals surface area contributed by atoms with E-state index in [1.807, 2.05) is 19.1 Å². The third kappa shape index (κ3) is 3.47. The first-order valence-electron chi connectivity index (χ1n) is 10.8. The largest absolute Gasteiger partial charge is 0.318 e. The van der Waals surface area contributed by atoms with Crippen molar-refractivity contribution in [1.29, 1.82) is 0 Å². The Morgan fingerprint density at radius 1 is 0.935 bits per heavy atom. The number of aromatic nitrogens is 3. The zero-order valence-corrected chi connectivity index (χ0v) is 17.9. The van der Waals surface area contributed by atoms with Gasteiger partial charge in [0.2, 0.25) is 0 Å². The number of piperidine rings is 1. The van der Waals surface area contributed by atoms with Gasteiger partial charge >= 0.3 is 11.1 Å². The van der Waals surface area contributed by atoms with Crippen LogP contribution in [0, 0.1) is 6.92 Å². The zero-order valence-electron chi connectivity index (χ0n) is 17.9. The lowest BCUT2D eigenvalue weighted by Crippen LogP contribution is -2.45. The van der Waals surface area contributed by atoms with E-state index in [4.69, 9.17) is 0 Å². The van der Waals surface area contributed by atoms with Crippen molar-refractivity contribution in [2.45, 2.75) is 32.4 Å². The molecule has 1 fully saturated rings. The summed E-state index contributed by atoms with van der Waals surface area (Å²) in [5.74, 6) is 0. The van der Waals surface area contributed by atoms with Crippen molar-refractivity contribution >= 4 is 21.9 Å². The molecule has 6 nitrogen and oxygen atoms in total. The molecular formula is C25H26N4O2. The summed E-state index contributed by atoms with van der Waals surface area (Å²) >= 11 is 0. The molecule has 1 aliphatic rings. The van der Waals surface area contributed by atoms with Crippen LogP contribution < -0.4 is 11.1 Å². The van der Waals surface area contributed by atoms with Gasteiger partial charge in [-0.3, -0.25) is 19.1 Å². The number of nitrogens with zero attached hydrogens (tertiary/aromatic N) is 4. The van der Waals surface area contributed by atoms with E-state index in [0.29, 0.717) is 11.2 Å². The second-order valence-corrected chi connectivity index (χ2v) is 8.48. The third-order valence-corrected chi connectivity index (χ3v) is 6.49. The molecule has 6 heteroatoms. The van der Waals surface area contributed by atoms with Gasteiger partial charge in [0.25, 0.3) is 0 Å². The summed E-state index contributed by atoms with van der Waals surface area (Å²) in [5, 5.41) is 2.55. The topological polar surface area (TPSA) is 60.1 Å². The first-order valence-corrected chi connectivity index (χ1v) is 10.8. The van der Waals surface area contributed by atoms with Gasteiger partial charge in [-0.15, -0.1) is 0 Å². The summed E-state index contributed by atoms with van der Waals surface area (Å²) < 4.78 is 3.07. The maximum atomic E-state index is 12.9. The number of rotatable bonds is 3. The average Bonchev–Trinajstić information content (AvgIpc) is 2.79. The van der Waals surface area contributed by atoms with Gasteiger partial charge in [0.15, 0.2) is 5.65 Å². The first-order chi connectivity index (χ1) is 15.0. The van der Waals surface area contributed by atoms with Crippen LogP contribution in [0.4, 0.5) is 0 Å². The normalized spacial score (nSPS) is 15.7. The van der Waals surface area contributed by atoms with Gasteiger partial charge in [-0.1, -0.05) is 42.5 Å². The van der Waals surface area contributed by atoms with Crippen molar-refractivity contribution in [1.82, 2.24) is 19.0 Å². The summed E-state index contributed by atoms with van der Waals surface area (Å²) in [6.45, 7) is 4.55. The fourth-order valence-corrected chi connectivity index (χ4v) is 4.77. The zero-order chi connectivity index (χ0) is 21.5. The number of fused-ring (bicyclic) bond motifs is 2. The molecule has 3 heterocycles. The molecule has 4 aromatic rings. The predicted molar refractivity (Wildman–Crippen MR) is 123 cm³/mol. The molecule has 31 heavy (non-hydrogen) atoms. The quantitative estimate of drug-likeness (QED) is 0.482. The Morgan fingerprint density at radius 3 is 2.48 bits per heavy atom. The fourth-order valence-electron chi connectivity index (χ4n) is 4.77. The number of hydrogen-bond acceptors (Lipinski definition) is 4. The number of benzene rings is 2. The number of hydrogen-bond donors (Lipinski definition) is 0. The van der Waals surface area contributed by atoms with Gasteiger partial charge in [-0.2, -0.15) is 0 Å². The maximum Gasteiger partial charge on any atom is 0.318 e. The van der Waals surface area contributed by atoms with E-state index >= 15 is 0 Å². The molecule has 0 unspecified atom stereocenters. The molecule has 0 N–H and O–H groups in total. The van der Waals surface area contributed by atoms with Crippen LogP contribution >= 0.6 is 0 Å². The number of likely N-dealkylation sites (tertiary alicyclic amines) is 1. The van der Waals surface area contributed by atoms with E-state index in [-0.39, 0.29) is 6.04 Å². The van der Waals surface area contributed by atoms with Crippen LogP contribution in [0.5, 0.6) is 0 Å².